The number of carbonyl (C=O) groups excluding carboxylic acids is 1. The molecule has 2 heterocycles. The molecule has 2 fully saturated rings. The number of benzene rings is 1. The van der Waals surface area contributed by atoms with Crippen LogP contribution in [0.1, 0.15) is 60.6 Å². The Morgan fingerprint density at radius 2 is 1.91 bits per heavy atom. The van der Waals surface area contributed by atoms with E-state index in [-0.39, 0.29) is 26.1 Å². The molecule has 6 nitrogen and oxygen atoms in total. The van der Waals surface area contributed by atoms with Crippen LogP contribution in [0, 0.1) is 0 Å². The van der Waals surface area contributed by atoms with Crippen LogP contribution in [0.5, 0.6) is 5.75 Å². The zero-order chi connectivity index (χ0) is 24.0. The summed E-state index contributed by atoms with van der Waals surface area (Å²) in [7, 11) is 0. The summed E-state index contributed by atoms with van der Waals surface area (Å²) >= 11 is 0. The van der Waals surface area contributed by atoms with Crippen LogP contribution < -0.4 is 5.43 Å². The Labute approximate surface area is 187 Å². The third-order valence-electron chi connectivity index (χ3n) is 6.69. The first-order chi connectivity index (χ1) is 15.4. The van der Waals surface area contributed by atoms with E-state index in [0.29, 0.717) is 18.4 Å². The molecule has 2 aromatic rings. The number of carbonyl (C=O) groups is 1. The number of halogens is 4. The summed E-state index contributed by atoms with van der Waals surface area (Å²) in [6, 6.07) is 5.15. The molecule has 1 unspecified atom stereocenters. The van der Waals surface area contributed by atoms with E-state index in [2.05, 4.69) is 5.10 Å². The van der Waals surface area contributed by atoms with Crippen molar-refractivity contribution in [2.45, 2.75) is 62.8 Å². The fourth-order valence-electron chi connectivity index (χ4n) is 4.92. The Morgan fingerprint density at radius 3 is 2.52 bits per heavy atom. The van der Waals surface area contributed by atoms with Crippen molar-refractivity contribution in [3.8, 4) is 5.75 Å². The first-order valence-electron chi connectivity index (χ1n) is 10.9. The molecule has 1 aromatic heterocycles. The number of alkyl halides is 4. The number of hydrogen-bond acceptors (Lipinski definition) is 4. The molecular weight excluding hydrogens is 442 g/mol. The van der Waals surface area contributed by atoms with Gasteiger partial charge in [-0.15, -0.1) is 0 Å². The van der Waals surface area contributed by atoms with E-state index in [1.165, 1.54) is 22.6 Å². The maximum atomic E-state index is 14.2. The summed E-state index contributed by atoms with van der Waals surface area (Å²) in [6.07, 6.45) is -0.463. The minimum atomic E-state index is -4.48. The average Bonchev–Trinajstić information content (AvgIpc) is 3.36. The first-order valence-corrected chi connectivity index (χ1v) is 10.9. The molecule has 1 aromatic carbocycles. The summed E-state index contributed by atoms with van der Waals surface area (Å²) in [5.74, 6) is -1.46. The van der Waals surface area contributed by atoms with E-state index >= 15 is 0 Å². The highest BCUT2D eigenvalue weighted by Gasteiger charge is 2.40. The van der Waals surface area contributed by atoms with Gasteiger partial charge in [0.2, 0.25) is 0 Å². The Bertz CT molecular complexity index is 1120. The number of likely N-dealkylation sites (tertiary alicyclic amines) is 1. The molecule has 1 N–H and O–H groups in total. The van der Waals surface area contributed by atoms with Gasteiger partial charge in [0, 0.05) is 18.4 Å². The van der Waals surface area contributed by atoms with Crippen LogP contribution in [0.25, 0.3) is 0 Å². The quantitative estimate of drug-likeness (QED) is 0.689. The fourth-order valence-corrected chi connectivity index (χ4v) is 4.92. The minimum Gasteiger partial charge on any atom is -0.503 e. The third-order valence-corrected chi connectivity index (χ3v) is 6.69. The fraction of sp³-hybridized carbons (Fsp3) is 0.522. The topological polar surface area (TPSA) is 75.4 Å². The van der Waals surface area contributed by atoms with Crippen LogP contribution in [0.4, 0.5) is 17.6 Å². The average molecular weight is 467 g/mol. The zero-order valence-electron chi connectivity index (χ0n) is 18.2. The smallest absolute Gasteiger partial charge is 0.416 e. The van der Waals surface area contributed by atoms with Crippen LogP contribution in [0.15, 0.2) is 35.3 Å². The SMILES string of the molecule is CC1(F)CCN(C(=O)c2nn(CC3(c4cccc(C(F)(F)F)c4)CCCC3)cc(O)c2=O)C1. The Morgan fingerprint density at radius 1 is 1.21 bits per heavy atom. The van der Waals surface area contributed by atoms with Gasteiger partial charge < -0.3 is 10.0 Å². The molecule has 10 heteroatoms. The van der Waals surface area contributed by atoms with Gasteiger partial charge in [0.05, 0.1) is 24.8 Å². The molecule has 0 bridgehead atoms. The van der Waals surface area contributed by atoms with E-state index in [0.717, 1.165) is 31.2 Å². The van der Waals surface area contributed by atoms with Crippen molar-refractivity contribution in [2.24, 2.45) is 0 Å². The van der Waals surface area contributed by atoms with Crippen molar-refractivity contribution in [3.05, 3.63) is 57.5 Å². The second-order valence-electron chi connectivity index (χ2n) is 9.35. The summed E-state index contributed by atoms with van der Waals surface area (Å²) in [5, 5.41) is 14.3. The van der Waals surface area contributed by atoms with Crippen molar-refractivity contribution in [3.63, 3.8) is 0 Å². The normalized spacial score (nSPS) is 22.6. The van der Waals surface area contributed by atoms with Crippen molar-refractivity contribution < 1.29 is 27.5 Å². The van der Waals surface area contributed by atoms with Gasteiger partial charge in [0.25, 0.3) is 11.3 Å². The molecule has 1 amide bonds. The summed E-state index contributed by atoms with van der Waals surface area (Å²) < 4.78 is 55.3. The number of aromatic hydroxyl groups is 1. The lowest BCUT2D eigenvalue weighted by molar-refractivity contribution is -0.137. The predicted molar refractivity (Wildman–Crippen MR) is 112 cm³/mol. The molecule has 178 valence electrons. The van der Waals surface area contributed by atoms with Crippen LogP contribution in [-0.2, 0) is 18.1 Å². The molecule has 1 aliphatic carbocycles. The predicted octanol–water partition coefficient (Wildman–Crippen LogP) is 4.05. The van der Waals surface area contributed by atoms with E-state index in [4.69, 9.17) is 0 Å². The number of aromatic nitrogens is 2. The molecule has 0 spiro atoms. The van der Waals surface area contributed by atoms with Crippen LogP contribution >= 0.6 is 0 Å². The van der Waals surface area contributed by atoms with Crippen molar-refractivity contribution in [1.29, 1.82) is 0 Å². The largest absolute Gasteiger partial charge is 0.503 e. The van der Waals surface area contributed by atoms with Gasteiger partial charge in [-0.2, -0.15) is 18.3 Å². The highest BCUT2D eigenvalue weighted by Crippen LogP contribution is 2.44. The molecule has 0 radical (unpaired) electrons. The van der Waals surface area contributed by atoms with Crippen LogP contribution in [-0.4, -0.2) is 44.5 Å². The van der Waals surface area contributed by atoms with Gasteiger partial charge in [0.1, 0.15) is 5.67 Å². The van der Waals surface area contributed by atoms with Crippen LogP contribution in [0.2, 0.25) is 0 Å². The summed E-state index contributed by atoms with van der Waals surface area (Å²) in [5.41, 5.74) is -3.99. The molecule has 2 aliphatic rings. The van der Waals surface area contributed by atoms with Gasteiger partial charge in [0.15, 0.2) is 11.4 Å². The van der Waals surface area contributed by atoms with E-state index in [1.54, 1.807) is 6.07 Å². The van der Waals surface area contributed by atoms with Crippen LogP contribution in [0.3, 0.4) is 0 Å². The lowest BCUT2D eigenvalue weighted by atomic mass is 9.78. The number of nitrogens with zero attached hydrogens (tertiary/aromatic N) is 3. The Kier molecular flexibility index (Phi) is 5.74. The van der Waals surface area contributed by atoms with Gasteiger partial charge in [-0.05, 0) is 31.4 Å². The van der Waals surface area contributed by atoms with E-state index < -0.39 is 45.6 Å². The highest BCUT2D eigenvalue weighted by atomic mass is 19.4. The maximum Gasteiger partial charge on any atom is 0.416 e. The molecule has 1 saturated heterocycles. The molecule has 1 saturated carbocycles. The van der Waals surface area contributed by atoms with Gasteiger partial charge >= 0.3 is 6.18 Å². The van der Waals surface area contributed by atoms with E-state index in [1.807, 2.05) is 0 Å². The first kappa shape index (κ1) is 23.3. The summed E-state index contributed by atoms with van der Waals surface area (Å²) in [4.78, 5) is 26.5. The van der Waals surface area contributed by atoms with Crippen molar-refractivity contribution >= 4 is 5.91 Å². The second kappa shape index (κ2) is 8.14. The Hall–Kier alpha value is -2.91. The van der Waals surface area contributed by atoms with E-state index in [9.17, 15) is 32.3 Å². The zero-order valence-corrected chi connectivity index (χ0v) is 18.2. The lowest BCUT2D eigenvalue weighted by Crippen LogP contribution is -2.37. The summed E-state index contributed by atoms with van der Waals surface area (Å²) in [6.45, 7) is 1.39. The third kappa shape index (κ3) is 4.60. The lowest BCUT2D eigenvalue weighted by Gasteiger charge is -2.31. The second-order valence-corrected chi connectivity index (χ2v) is 9.35. The number of rotatable bonds is 4. The Balaban J connectivity index is 1.69. The minimum absolute atomic E-state index is 0.0866. The van der Waals surface area contributed by atoms with Gasteiger partial charge in [-0.1, -0.05) is 31.0 Å². The monoisotopic (exact) mass is 467 g/mol. The number of hydrogen-bond donors (Lipinski definition) is 1. The van der Waals surface area contributed by atoms with Gasteiger partial charge in [-0.25, -0.2) is 4.39 Å². The van der Waals surface area contributed by atoms with Gasteiger partial charge in [-0.3, -0.25) is 14.3 Å². The molecule has 1 atom stereocenters. The maximum absolute atomic E-state index is 14.2. The van der Waals surface area contributed by atoms with Crippen molar-refractivity contribution in [1.82, 2.24) is 14.7 Å². The molecular formula is C23H25F4N3O3. The molecule has 1 aliphatic heterocycles. The molecule has 4 rings (SSSR count). The molecule has 33 heavy (non-hydrogen) atoms. The highest BCUT2D eigenvalue weighted by molar-refractivity contribution is 5.92. The standard InChI is InChI=1S/C23H25F4N3O3/c1-21(24)9-10-29(13-21)20(33)18-19(32)17(31)12-30(28-18)14-22(7-2-3-8-22)15-5-4-6-16(11-15)23(25,26)27/h4-6,11-12,31H,2-3,7-10,13-14H2,1H3. The van der Waals surface area contributed by atoms with Crippen molar-refractivity contribution in [2.75, 3.05) is 13.1 Å². The number of amides is 1.